The minimum absolute atomic E-state index is 0.00658. The average molecular weight is 468 g/mol. The van der Waals surface area contributed by atoms with E-state index in [1.165, 1.54) is 22.1 Å². The highest BCUT2D eigenvalue weighted by molar-refractivity contribution is 8.00. The lowest BCUT2D eigenvalue weighted by molar-refractivity contribution is -0.129. The van der Waals surface area contributed by atoms with Crippen molar-refractivity contribution < 1.29 is 13.2 Å². The molecule has 1 aromatic carbocycles. The molecule has 3 heterocycles. The third kappa shape index (κ3) is 4.44. The molecule has 1 aliphatic heterocycles. The van der Waals surface area contributed by atoms with Gasteiger partial charge in [-0.2, -0.15) is 4.31 Å². The number of hydrogen-bond acceptors (Lipinski definition) is 6. The molecule has 6 nitrogen and oxygen atoms in total. The van der Waals surface area contributed by atoms with E-state index < -0.39 is 10.0 Å². The number of rotatable bonds is 5. The van der Waals surface area contributed by atoms with Gasteiger partial charge in [0.1, 0.15) is 4.21 Å². The van der Waals surface area contributed by atoms with Gasteiger partial charge in [0, 0.05) is 42.7 Å². The number of fused-ring (bicyclic) bond motifs is 1. The number of thioether (sulfide) groups is 1. The zero-order valence-corrected chi connectivity index (χ0v) is 18.5. The highest BCUT2D eigenvalue weighted by Gasteiger charge is 2.31. The summed E-state index contributed by atoms with van der Waals surface area (Å²) in [6.07, 6.45) is 1.75. The lowest BCUT2D eigenvalue weighted by atomic mass is 10.2. The van der Waals surface area contributed by atoms with Crippen molar-refractivity contribution in [3.63, 3.8) is 0 Å². The molecule has 1 aliphatic rings. The molecule has 1 saturated heterocycles. The predicted octanol–water partition coefficient (Wildman–Crippen LogP) is 3.57. The summed E-state index contributed by atoms with van der Waals surface area (Å²) >= 11 is 8.40. The molecule has 0 bridgehead atoms. The van der Waals surface area contributed by atoms with Crippen LogP contribution in [0, 0.1) is 0 Å². The molecule has 0 aliphatic carbocycles. The van der Waals surface area contributed by atoms with Crippen LogP contribution in [0.15, 0.2) is 57.8 Å². The van der Waals surface area contributed by atoms with Crippen molar-refractivity contribution in [2.45, 2.75) is 9.10 Å². The van der Waals surface area contributed by atoms with Gasteiger partial charge in [-0.05, 0) is 24.3 Å². The van der Waals surface area contributed by atoms with Gasteiger partial charge in [-0.3, -0.25) is 9.78 Å². The number of nitrogens with zero attached hydrogens (tertiary/aromatic N) is 3. The van der Waals surface area contributed by atoms with E-state index in [0.29, 0.717) is 23.2 Å². The predicted molar refractivity (Wildman–Crippen MR) is 117 cm³/mol. The number of benzene rings is 1. The van der Waals surface area contributed by atoms with Crippen molar-refractivity contribution in [3.05, 3.63) is 53.0 Å². The van der Waals surface area contributed by atoms with E-state index in [4.69, 9.17) is 11.6 Å². The molecule has 2 aromatic heterocycles. The molecule has 152 valence electrons. The fraction of sp³-hybridized carbons (Fsp3) is 0.263. The third-order valence-electron chi connectivity index (χ3n) is 4.69. The van der Waals surface area contributed by atoms with Crippen LogP contribution >= 0.6 is 34.7 Å². The Bertz CT molecular complexity index is 1140. The molecule has 0 saturated carbocycles. The molecule has 1 amide bonds. The second-order valence-corrected chi connectivity index (χ2v) is 11.4. The van der Waals surface area contributed by atoms with E-state index in [-0.39, 0.29) is 23.2 Å². The van der Waals surface area contributed by atoms with Crippen LogP contribution in [-0.4, -0.2) is 60.4 Å². The first-order valence-electron chi connectivity index (χ1n) is 8.95. The maximum absolute atomic E-state index is 12.7. The highest BCUT2D eigenvalue weighted by atomic mass is 35.5. The third-order valence-corrected chi connectivity index (χ3v) is 9.35. The summed E-state index contributed by atoms with van der Waals surface area (Å²) in [5, 5.41) is 1.03. The van der Waals surface area contributed by atoms with Gasteiger partial charge < -0.3 is 4.90 Å². The van der Waals surface area contributed by atoms with E-state index in [2.05, 4.69) is 4.98 Å². The minimum Gasteiger partial charge on any atom is -0.339 e. The van der Waals surface area contributed by atoms with Gasteiger partial charge >= 0.3 is 0 Å². The largest absolute Gasteiger partial charge is 0.339 e. The van der Waals surface area contributed by atoms with Gasteiger partial charge in [-0.25, -0.2) is 8.42 Å². The lowest BCUT2D eigenvalue weighted by Gasteiger charge is -2.33. The number of hydrogen-bond donors (Lipinski definition) is 0. The van der Waals surface area contributed by atoms with Crippen LogP contribution in [0.2, 0.25) is 4.34 Å². The Morgan fingerprint density at radius 1 is 1.10 bits per heavy atom. The van der Waals surface area contributed by atoms with Crippen molar-refractivity contribution in [2.24, 2.45) is 0 Å². The summed E-state index contributed by atoms with van der Waals surface area (Å²) in [5.41, 5.74) is 0.900. The standard InChI is InChI=1S/C19H18ClN3O3S3/c20-17-5-6-19(28-17)29(25,26)23-11-9-22(10-12-23)18(24)13-27-16-7-8-21-15-4-2-1-3-14(15)16/h1-8H,9-13H2. The van der Waals surface area contributed by atoms with Gasteiger partial charge in [-0.1, -0.05) is 29.8 Å². The van der Waals surface area contributed by atoms with E-state index in [0.717, 1.165) is 27.1 Å². The van der Waals surface area contributed by atoms with Crippen molar-refractivity contribution in [1.29, 1.82) is 0 Å². The first kappa shape index (κ1) is 20.6. The summed E-state index contributed by atoms with van der Waals surface area (Å²) in [6.45, 7) is 1.34. The van der Waals surface area contributed by atoms with Gasteiger partial charge in [0.2, 0.25) is 5.91 Å². The summed E-state index contributed by atoms with van der Waals surface area (Å²) in [5.74, 6) is 0.313. The van der Waals surface area contributed by atoms with Crippen molar-refractivity contribution >= 4 is 61.5 Å². The maximum Gasteiger partial charge on any atom is 0.252 e. The molecule has 0 spiro atoms. The van der Waals surface area contributed by atoms with Crippen LogP contribution < -0.4 is 0 Å². The van der Waals surface area contributed by atoms with Crippen molar-refractivity contribution in [2.75, 3.05) is 31.9 Å². The first-order valence-corrected chi connectivity index (χ1v) is 12.6. The minimum atomic E-state index is -3.55. The quantitative estimate of drug-likeness (QED) is 0.536. The van der Waals surface area contributed by atoms with E-state index in [9.17, 15) is 13.2 Å². The van der Waals surface area contributed by atoms with Gasteiger partial charge in [0.05, 0.1) is 15.6 Å². The van der Waals surface area contributed by atoms with Gasteiger partial charge in [-0.15, -0.1) is 23.1 Å². The first-order chi connectivity index (χ1) is 13.9. The number of thiophene rings is 1. The second-order valence-electron chi connectivity index (χ2n) is 6.46. The van der Waals surface area contributed by atoms with Gasteiger partial charge in [0.15, 0.2) is 0 Å². The summed E-state index contributed by atoms with van der Waals surface area (Å²) in [6, 6.07) is 12.9. The second kappa shape index (κ2) is 8.61. The monoisotopic (exact) mass is 467 g/mol. The Labute approximate surface area is 182 Å². The zero-order valence-electron chi connectivity index (χ0n) is 15.3. The summed E-state index contributed by atoms with van der Waals surface area (Å²) in [7, 11) is -3.55. The molecule has 0 N–H and O–H groups in total. The van der Waals surface area contributed by atoms with Crippen LogP contribution in [0.25, 0.3) is 10.9 Å². The van der Waals surface area contributed by atoms with E-state index >= 15 is 0 Å². The number of aromatic nitrogens is 1. The molecule has 29 heavy (non-hydrogen) atoms. The van der Waals surface area contributed by atoms with Crippen LogP contribution in [0.1, 0.15) is 0 Å². The molecule has 10 heteroatoms. The number of carbonyl (C=O) groups is 1. The number of para-hydroxylation sites is 1. The highest BCUT2D eigenvalue weighted by Crippen LogP contribution is 2.29. The Balaban J connectivity index is 1.36. The topological polar surface area (TPSA) is 70.6 Å². The Morgan fingerprint density at radius 2 is 1.86 bits per heavy atom. The Kier molecular flexibility index (Phi) is 6.12. The number of sulfonamides is 1. The fourth-order valence-corrected chi connectivity index (χ4v) is 7.17. The Hall–Kier alpha value is -1.65. The number of halogens is 1. The zero-order chi connectivity index (χ0) is 20.4. The lowest BCUT2D eigenvalue weighted by Crippen LogP contribution is -2.50. The van der Waals surface area contributed by atoms with Crippen LogP contribution in [0.4, 0.5) is 0 Å². The molecule has 0 radical (unpaired) electrons. The molecule has 0 atom stereocenters. The summed E-state index contributed by atoms with van der Waals surface area (Å²) < 4.78 is 27.5. The Morgan fingerprint density at radius 3 is 2.59 bits per heavy atom. The van der Waals surface area contributed by atoms with Crippen LogP contribution in [-0.2, 0) is 14.8 Å². The molecule has 1 fully saturated rings. The molecule has 0 unspecified atom stereocenters. The number of piperazine rings is 1. The molecular weight excluding hydrogens is 450 g/mol. The van der Waals surface area contributed by atoms with Crippen LogP contribution in [0.5, 0.6) is 0 Å². The van der Waals surface area contributed by atoms with Crippen LogP contribution in [0.3, 0.4) is 0 Å². The van der Waals surface area contributed by atoms with E-state index in [1.807, 2.05) is 30.3 Å². The molecular formula is C19H18ClN3O3S3. The summed E-state index contributed by atoms with van der Waals surface area (Å²) in [4.78, 5) is 19.7. The van der Waals surface area contributed by atoms with E-state index in [1.54, 1.807) is 17.2 Å². The number of pyridine rings is 1. The normalized spacial score (nSPS) is 15.7. The SMILES string of the molecule is O=C(CSc1ccnc2ccccc12)N1CCN(S(=O)(=O)c2ccc(Cl)s2)CC1. The number of amides is 1. The van der Waals surface area contributed by atoms with Gasteiger partial charge in [0.25, 0.3) is 10.0 Å². The van der Waals surface area contributed by atoms with Crippen molar-refractivity contribution in [1.82, 2.24) is 14.2 Å². The number of carbonyl (C=O) groups excluding carboxylic acids is 1. The maximum atomic E-state index is 12.7. The smallest absolute Gasteiger partial charge is 0.252 e. The average Bonchev–Trinajstić information content (AvgIpc) is 3.19. The molecule has 3 aromatic rings. The molecule has 4 rings (SSSR count). The van der Waals surface area contributed by atoms with Crippen molar-refractivity contribution in [3.8, 4) is 0 Å². The fourth-order valence-electron chi connectivity index (χ4n) is 3.17.